The molecule has 2 aromatic carbocycles. The highest BCUT2D eigenvalue weighted by molar-refractivity contribution is 6.33. The summed E-state index contributed by atoms with van der Waals surface area (Å²) in [4.78, 5) is 26.1. The molecule has 1 fully saturated rings. The lowest BCUT2D eigenvalue weighted by Crippen LogP contribution is -2.37. The molecule has 3 rings (SSSR count). The average Bonchev–Trinajstić information content (AvgIpc) is 2.89. The van der Waals surface area contributed by atoms with Gasteiger partial charge in [0.2, 0.25) is 5.91 Å². The molecule has 0 aromatic heterocycles. The molecular formula is C17H14Cl2N2O2. The molecule has 1 unspecified atom stereocenters. The minimum Gasteiger partial charge on any atom is -0.347 e. The molecule has 6 heteroatoms. The van der Waals surface area contributed by atoms with E-state index in [9.17, 15) is 9.59 Å². The number of rotatable bonds is 3. The molecule has 1 atom stereocenters. The van der Waals surface area contributed by atoms with Crippen molar-refractivity contribution in [3.8, 4) is 0 Å². The highest BCUT2D eigenvalue weighted by atomic mass is 35.5. The molecule has 118 valence electrons. The van der Waals surface area contributed by atoms with Crippen molar-refractivity contribution in [1.82, 2.24) is 5.32 Å². The van der Waals surface area contributed by atoms with Gasteiger partial charge in [-0.2, -0.15) is 0 Å². The van der Waals surface area contributed by atoms with E-state index < -0.39 is 0 Å². The summed E-state index contributed by atoms with van der Waals surface area (Å²) in [6, 6.07) is 13.6. The highest BCUT2D eigenvalue weighted by Gasteiger charge is 2.31. The second-order valence-corrected chi connectivity index (χ2v) is 6.18. The van der Waals surface area contributed by atoms with Gasteiger partial charge in [0.25, 0.3) is 5.91 Å². The molecular weight excluding hydrogens is 335 g/mol. The Labute approximate surface area is 144 Å². The molecule has 23 heavy (non-hydrogen) atoms. The zero-order chi connectivity index (χ0) is 16.4. The van der Waals surface area contributed by atoms with Crippen LogP contribution in [0.2, 0.25) is 10.0 Å². The van der Waals surface area contributed by atoms with Crippen LogP contribution in [0.4, 0.5) is 5.69 Å². The van der Waals surface area contributed by atoms with E-state index in [2.05, 4.69) is 5.32 Å². The van der Waals surface area contributed by atoms with E-state index in [1.54, 1.807) is 53.4 Å². The van der Waals surface area contributed by atoms with E-state index >= 15 is 0 Å². The van der Waals surface area contributed by atoms with Gasteiger partial charge in [0.05, 0.1) is 16.6 Å². The average molecular weight is 349 g/mol. The largest absolute Gasteiger partial charge is 0.347 e. The van der Waals surface area contributed by atoms with E-state index in [1.807, 2.05) is 0 Å². The van der Waals surface area contributed by atoms with Crippen LogP contribution in [0.3, 0.4) is 0 Å². The van der Waals surface area contributed by atoms with E-state index in [4.69, 9.17) is 23.2 Å². The third-order valence-electron chi connectivity index (χ3n) is 3.72. The van der Waals surface area contributed by atoms with Crippen molar-refractivity contribution in [2.24, 2.45) is 0 Å². The molecule has 0 radical (unpaired) electrons. The summed E-state index contributed by atoms with van der Waals surface area (Å²) in [5.74, 6) is -0.303. The molecule has 1 N–H and O–H groups in total. The number of carbonyl (C=O) groups excluding carboxylic acids is 2. The Bertz CT molecular complexity index is 747. The van der Waals surface area contributed by atoms with Crippen molar-refractivity contribution < 1.29 is 9.59 Å². The van der Waals surface area contributed by atoms with Crippen molar-refractivity contribution in [2.75, 3.05) is 11.4 Å². The van der Waals surface area contributed by atoms with E-state index in [0.717, 1.165) is 5.69 Å². The van der Waals surface area contributed by atoms with Crippen molar-refractivity contribution in [2.45, 2.75) is 12.5 Å². The first-order valence-electron chi connectivity index (χ1n) is 7.16. The Hall–Kier alpha value is -2.04. The summed E-state index contributed by atoms with van der Waals surface area (Å²) in [6.45, 7) is 0.427. The maximum atomic E-state index is 12.3. The fourth-order valence-electron chi connectivity index (χ4n) is 2.58. The van der Waals surface area contributed by atoms with Crippen LogP contribution in [0, 0.1) is 0 Å². The maximum Gasteiger partial charge on any atom is 0.253 e. The van der Waals surface area contributed by atoms with Crippen LogP contribution in [0.25, 0.3) is 0 Å². The minimum absolute atomic E-state index is 0.0308. The Morgan fingerprint density at radius 2 is 1.78 bits per heavy atom. The number of halogens is 2. The summed E-state index contributed by atoms with van der Waals surface area (Å²) in [5, 5.41) is 3.87. The van der Waals surface area contributed by atoms with Crippen LogP contribution in [-0.2, 0) is 4.79 Å². The molecule has 2 aromatic rings. The Morgan fingerprint density at radius 3 is 2.48 bits per heavy atom. The first kappa shape index (κ1) is 15.8. The van der Waals surface area contributed by atoms with Crippen LogP contribution in [0.5, 0.6) is 0 Å². The van der Waals surface area contributed by atoms with Gasteiger partial charge in [0, 0.05) is 23.7 Å². The first-order valence-corrected chi connectivity index (χ1v) is 7.91. The Morgan fingerprint density at radius 1 is 1.09 bits per heavy atom. The van der Waals surface area contributed by atoms with Crippen LogP contribution < -0.4 is 10.2 Å². The summed E-state index contributed by atoms with van der Waals surface area (Å²) >= 11 is 11.9. The number of amides is 2. The molecule has 0 bridgehead atoms. The lowest BCUT2D eigenvalue weighted by molar-refractivity contribution is -0.117. The quantitative estimate of drug-likeness (QED) is 0.922. The predicted molar refractivity (Wildman–Crippen MR) is 91.1 cm³/mol. The molecule has 0 spiro atoms. The molecule has 1 aliphatic rings. The van der Waals surface area contributed by atoms with Gasteiger partial charge in [-0.1, -0.05) is 35.3 Å². The lowest BCUT2D eigenvalue weighted by atomic mass is 10.2. The van der Waals surface area contributed by atoms with Gasteiger partial charge >= 0.3 is 0 Å². The number of nitrogens with zero attached hydrogens (tertiary/aromatic N) is 1. The molecule has 0 aliphatic carbocycles. The highest BCUT2D eigenvalue weighted by Crippen LogP contribution is 2.24. The second-order valence-electron chi connectivity index (χ2n) is 5.34. The number of benzene rings is 2. The Balaban J connectivity index is 1.69. The normalized spacial score (nSPS) is 17.4. The molecule has 4 nitrogen and oxygen atoms in total. The zero-order valence-corrected chi connectivity index (χ0v) is 13.6. The fourth-order valence-corrected chi connectivity index (χ4v) is 2.93. The number of anilines is 1. The van der Waals surface area contributed by atoms with Crippen LogP contribution in [0.1, 0.15) is 16.8 Å². The van der Waals surface area contributed by atoms with Crippen LogP contribution in [0.15, 0.2) is 48.5 Å². The van der Waals surface area contributed by atoms with E-state index in [1.165, 1.54) is 0 Å². The Kier molecular flexibility index (Phi) is 4.55. The summed E-state index contributed by atoms with van der Waals surface area (Å²) in [7, 11) is 0. The van der Waals surface area contributed by atoms with Crippen LogP contribution >= 0.6 is 23.2 Å². The van der Waals surface area contributed by atoms with Gasteiger partial charge in [-0.25, -0.2) is 0 Å². The monoisotopic (exact) mass is 348 g/mol. The van der Waals surface area contributed by atoms with Crippen molar-refractivity contribution >= 4 is 40.7 Å². The smallest absolute Gasteiger partial charge is 0.253 e. The molecule has 1 saturated heterocycles. The third kappa shape index (κ3) is 3.49. The van der Waals surface area contributed by atoms with Gasteiger partial charge in [0.15, 0.2) is 0 Å². The van der Waals surface area contributed by atoms with Crippen molar-refractivity contribution in [1.29, 1.82) is 0 Å². The molecule has 0 saturated carbocycles. The van der Waals surface area contributed by atoms with Gasteiger partial charge in [-0.05, 0) is 36.4 Å². The third-order valence-corrected chi connectivity index (χ3v) is 4.30. The number of carbonyl (C=O) groups is 2. The van der Waals surface area contributed by atoms with Crippen molar-refractivity contribution in [3.63, 3.8) is 0 Å². The van der Waals surface area contributed by atoms with E-state index in [0.29, 0.717) is 22.2 Å². The summed E-state index contributed by atoms with van der Waals surface area (Å²) < 4.78 is 0. The van der Waals surface area contributed by atoms with Crippen molar-refractivity contribution in [3.05, 3.63) is 64.1 Å². The van der Waals surface area contributed by atoms with Gasteiger partial charge in [0.1, 0.15) is 0 Å². The number of hydrogen-bond acceptors (Lipinski definition) is 2. The number of hydrogen-bond donors (Lipinski definition) is 1. The second kappa shape index (κ2) is 6.60. The minimum atomic E-state index is -0.272. The molecule has 2 amide bonds. The number of nitrogens with one attached hydrogen (secondary N) is 1. The van der Waals surface area contributed by atoms with Gasteiger partial charge in [-0.15, -0.1) is 0 Å². The summed E-state index contributed by atoms with van der Waals surface area (Å²) in [6.07, 6.45) is 0.263. The van der Waals surface area contributed by atoms with Crippen LogP contribution in [-0.4, -0.2) is 24.4 Å². The fraction of sp³-hybridized carbons (Fsp3) is 0.176. The lowest BCUT2D eigenvalue weighted by Gasteiger charge is -2.17. The standard InChI is InChI=1S/C17H14Cl2N2O2/c18-11-5-7-13(8-6-11)21-10-12(9-16(21)22)20-17(23)14-3-1-2-4-15(14)19/h1-8,12H,9-10H2,(H,20,23). The maximum absolute atomic E-state index is 12.3. The van der Waals surface area contributed by atoms with Gasteiger partial charge in [-0.3, -0.25) is 9.59 Å². The summed E-state index contributed by atoms with van der Waals surface area (Å²) in [5.41, 5.74) is 1.18. The zero-order valence-electron chi connectivity index (χ0n) is 12.1. The van der Waals surface area contributed by atoms with Gasteiger partial charge < -0.3 is 10.2 Å². The predicted octanol–water partition coefficient (Wildman–Crippen LogP) is 3.53. The molecule has 1 heterocycles. The SMILES string of the molecule is O=C(NC1CC(=O)N(c2ccc(Cl)cc2)C1)c1ccccc1Cl. The first-order chi connectivity index (χ1) is 11.0. The van der Waals surface area contributed by atoms with E-state index in [-0.39, 0.29) is 24.3 Å². The topological polar surface area (TPSA) is 49.4 Å². The molecule has 1 aliphatic heterocycles.